The Morgan fingerprint density at radius 1 is 1.25 bits per heavy atom. The molecule has 7 nitrogen and oxygen atoms in total. The van der Waals surface area contributed by atoms with Crippen LogP contribution in [0.1, 0.15) is 55.9 Å². The monoisotopic (exact) mass is 344 g/mol. The summed E-state index contributed by atoms with van der Waals surface area (Å²) < 4.78 is 7.55. The molecule has 0 aliphatic heterocycles. The summed E-state index contributed by atoms with van der Waals surface area (Å²) >= 11 is 6.00. The Morgan fingerprint density at radius 3 is 2.71 bits per heavy atom. The molecule has 0 amide bonds. The van der Waals surface area contributed by atoms with Crippen molar-refractivity contribution in [3.05, 3.63) is 53.4 Å². The van der Waals surface area contributed by atoms with E-state index in [4.69, 9.17) is 16.1 Å². The Morgan fingerprint density at radius 2 is 2.00 bits per heavy atom. The van der Waals surface area contributed by atoms with Crippen LogP contribution in [-0.2, 0) is 5.41 Å². The molecule has 124 valence electrons. The second-order valence-electron chi connectivity index (χ2n) is 6.68. The minimum Gasteiger partial charge on any atom is -0.339 e. The van der Waals surface area contributed by atoms with Crippen molar-refractivity contribution in [3.63, 3.8) is 0 Å². The van der Waals surface area contributed by atoms with Crippen LogP contribution in [0.3, 0.4) is 0 Å². The highest BCUT2D eigenvalue weighted by atomic mass is 35.5. The quantitative estimate of drug-likeness (QED) is 0.676. The van der Waals surface area contributed by atoms with Gasteiger partial charge in [-0.05, 0) is 44.4 Å². The number of rotatable bonds is 4. The summed E-state index contributed by atoms with van der Waals surface area (Å²) in [6.07, 6.45) is 7.10. The molecule has 0 atom stereocenters. The third-order valence-corrected chi connectivity index (χ3v) is 4.98. The molecule has 3 heterocycles. The van der Waals surface area contributed by atoms with Gasteiger partial charge in [-0.25, -0.2) is 4.98 Å². The maximum atomic E-state index is 6.00. The second kappa shape index (κ2) is 5.66. The van der Waals surface area contributed by atoms with E-state index in [0.717, 1.165) is 18.4 Å². The Balaban J connectivity index is 1.51. The number of hydrogen-bond donors (Lipinski definition) is 0. The number of hydrogen-bond acceptors (Lipinski definition) is 6. The summed E-state index contributed by atoms with van der Waals surface area (Å²) in [5, 5.41) is 12.4. The van der Waals surface area contributed by atoms with E-state index in [0.29, 0.717) is 22.9 Å². The SMILES string of the molecule is CC(C)(c1ccnc(Cl)c1)c1noc(C2CC(n3cnnc3)C2)n1. The molecular formula is C16H17ClN6O. The number of pyridine rings is 1. The van der Waals surface area contributed by atoms with Gasteiger partial charge >= 0.3 is 0 Å². The van der Waals surface area contributed by atoms with Crippen LogP contribution in [-0.4, -0.2) is 29.9 Å². The normalized spacial score (nSPS) is 20.8. The van der Waals surface area contributed by atoms with Crippen molar-refractivity contribution in [1.82, 2.24) is 29.9 Å². The fourth-order valence-electron chi connectivity index (χ4n) is 3.01. The van der Waals surface area contributed by atoms with Crippen molar-refractivity contribution in [1.29, 1.82) is 0 Å². The highest BCUT2D eigenvalue weighted by Crippen LogP contribution is 2.44. The van der Waals surface area contributed by atoms with E-state index in [9.17, 15) is 0 Å². The number of halogens is 1. The van der Waals surface area contributed by atoms with Gasteiger partial charge in [0.25, 0.3) is 0 Å². The van der Waals surface area contributed by atoms with Crippen molar-refractivity contribution in [2.24, 2.45) is 0 Å². The molecule has 0 unspecified atom stereocenters. The van der Waals surface area contributed by atoms with Crippen molar-refractivity contribution < 1.29 is 4.52 Å². The summed E-state index contributed by atoms with van der Waals surface area (Å²) in [5.74, 6) is 1.64. The first-order valence-electron chi connectivity index (χ1n) is 7.84. The van der Waals surface area contributed by atoms with Gasteiger partial charge in [-0.3, -0.25) is 0 Å². The van der Waals surface area contributed by atoms with Gasteiger partial charge in [-0.2, -0.15) is 4.98 Å². The van der Waals surface area contributed by atoms with E-state index in [1.165, 1.54) is 0 Å². The Kier molecular flexibility index (Phi) is 3.60. The fourth-order valence-corrected chi connectivity index (χ4v) is 3.18. The van der Waals surface area contributed by atoms with Crippen molar-refractivity contribution in [2.45, 2.75) is 44.1 Å². The zero-order valence-electron chi connectivity index (χ0n) is 13.4. The third kappa shape index (κ3) is 2.58. The Labute approximate surface area is 144 Å². The summed E-state index contributed by atoms with van der Waals surface area (Å²) in [4.78, 5) is 8.67. The third-order valence-electron chi connectivity index (χ3n) is 4.77. The molecule has 0 bridgehead atoms. The van der Waals surface area contributed by atoms with Gasteiger partial charge in [-0.1, -0.05) is 16.8 Å². The molecule has 1 aliphatic rings. The largest absolute Gasteiger partial charge is 0.339 e. The van der Waals surface area contributed by atoms with Crippen LogP contribution in [0.2, 0.25) is 5.15 Å². The Hall–Kier alpha value is -2.28. The van der Waals surface area contributed by atoms with Crippen LogP contribution in [0.15, 0.2) is 35.5 Å². The zero-order chi connectivity index (χ0) is 16.7. The highest BCUT2D eigenvalue weighted by molar-refractivity contribution is 6.29. The molecule has 0 spiro atoms. The lowest BCUT2D eigenvalue weighted by Gasteiger charge is -2.33. The van der Waals surface area contributed by atoms with E-state index in [1.54, 1.807) is 18.9 Å². The molecule has 0 saturated heterocycles. The smallest absolute Gasteiger partial charge is 0.229 e. The lowest BCUT2D eigenvalue weighted by molar-refractivity contribution is 0.214. The topological polar surface area (TPSA) is 82.5 Å². The van der Waals surface area contributed by atoms with Crippen LogP contribution in [0.4, 0.5) is 0 Å². The maximum absolute atomic E-state index is 6.00. The van der Waals surface area contributed by atoms with Crippen molar-refractivity contribution >= 4 is 11.6 Å². The second-order valence-corrected chi connectivity index (χ2v) is 7.07. The molecule has 0 N–H and O–H groups in total. The lowest BCUT2D eigenvalue weighted by Crippen LogP contribution is -2.25. The number of aromatic nitrogens is 6. The first kappa shape index (κ1) is 15.3. The molecule has 1 fully saturated rings. The zero-order valence-corrected chi connectivity index (χ0v) is 14.2. The van der Waals surface area contributed by atoms with Crippen LogP contribution < -0.4 is 0 Å². The molecule has 0 radical (unpaired) electrons. The van der Waals surface area contributed by atoms with E-state index in [1.807, 2.05) is 30.5 Å². The van der Waals surface area contributed by atoms with Gasteiger partial charge in [0.05, 0.1) is 5.41 Å². The predicted molar refractivity (Wildman–Crippen MR) is 86.7 cm³/mol. The lowest BCUT2D eigenvalue weighted by atomic mass is 9.80. The van der Waals surface area contributed by atoms with Gasteiger partial charge < -0.3 is 9.09 Å². The first-order chi connectivity index (χ1) is 11.5. The maximum Gasteiger partial charge on any atom is 0.229 e. The first-order valence-corrected chi connectivity index (χ1v) is 8.22. The summed E-state index contributed by atoms with van der Waals surface area (Å²) in [7, 11) is 0. The minimum atomic E-state index is -0.397. The van der Waals surface area contributed by atoms with E-state index in [2.05, 4.69) is 25.3 Å². The highest BCUT2D eigenvalue weighted by Gasteiger charge is 2.37. The van der Waals surface area contributed by atoms with E-state index in [-0.39, 0.29) is 5.92 Å². The predicted octanol–water partition coefficient (Wildman–Crippen LogP) is 3.15. The average Bonchev–Trinajstić information content (AvgIpc) is 3.18. The molecule has 3 aromatic heterocycles. The molecule has 0 aromatic carbocycles. The molecule has 24 heavy (non-hydrogen) atoms. The standard InChI is InChI=1S/C16H17ClN6O/c1-16(2,11-3-4-18-13(17)7-11)15-21-14(24-22-15)10-5-12(6-10)23-8-19-20-9-23/h3-4,7-10,12H,5-6H2,1-2H3. The summed E-state index contributed by atoms with van der Waals surface area (Å²) in [6, 6.07) is 4.17. The van der Waals surface area contributed by atoms with E-state index < -0.39 is 5.41 Å². The number of nitrogens with zero attached hydrogens (tertiary/aromatic N) is 6. The van der Waals surface area contributed by atoms with Gasteiger partial charge in [0.2, 0.25) is 5.89 Å². The fraction of sp³-hybridized carbons (Fsp3) is 0.438. The molecule has 1 saturated carbocycles. The van der Waals surface area contributed by atoms with Crippen LogP contribution in [0.25, 0.3) is 0 Å². The summed E-state index contributed by atoms with van der Waals surface area (Å²) in [6.45, 7) is 4.10. The van der Waals surface area contributed by atoms with Crippen LogP contribution in [0.5, 0.6) is 0 Å². The average molecular weight is 345 g/mol. The molecule has 8 heteroatoms. The summed E-state index contributed by atoms with van der Waals surface area (Å²) in [5.41, 5.74) is 0.608. The van der Waals surface area contributed by atoms with Crippen LogP contribution >= 0.6 is 11.6 Å². The molecule has 3 aromatic rings. The minimum absolute atomic E-state index is 0.287. The molecular weight excluding hydrogens is 328 g/mol. The Bertz CT molecular complexity index is 838. The van der Waals surface area contributed by atoms with Gasteiger partial charge in [0.15, 0.2) is 5.82 Å². The van der Waals surface area contributed by atoms with Crippen molar-refractivity contribution in [2.75, 3.05) is 0 Å². The molecule has 4 rings (SSSR count). The van der Waals surface area contributed by atoms with Gasteiger partial charge in [-0.15, -0.1) is 10.2 Å². The molecule has 1 aliphatic carbocycles. The van der Waals surface area contributed by atoms with Crippen LogP contribution in [0, 0.1) is 0 Å². The van der Waals surface area contributed by atoms with Gasteiger partial charge in [0.1, 0.15) is 17.8 Å². The van der Waals surface area contributed by atoms with Gasteiger partial charge in [0, 0.05) is 18.2 Å². The van der Waals surface area contributed by atoms with Crippen molar-refractivity contribution in [3.8, 4) is 0 Å². The van der Waals surface area contributed by atoms with E-state index >= 15 is 0 Å².